The quantitative estimate of drug-likeness (QED) is 0.574. The number of ether oxygens (including phenoxy) is 1. The van der Waals surface area contributed by atoms with Gasteiger partial charge in [-0.1, -0.05) is 41.4 Å². The van der Waals surface area contributed by atoms with Crippen molar-refractivity contribution < 1.29 is 9.53 Å². The number of nitriles is 1. The summed E-state index contributed by atoms with van der Waals surface area (Å²) < 4.78 is 5.76. The van der Waals surface area contributed by atoms with Crippen LogP contribution in [0.4, 0.5) is 0 Å². The molecule has 0 radical (unpaired) electrons. The Kier molecular flexibility index (Phi) is 5.82. The molecule has 1 aliphatic rings. The highest BCUT2D eigenvalue weighted by molar-refractivity contribution is 6.42. The highest BCUT2D eigenvalue weighted by Gasteiger charge is 2.24. The third-order valence-electron chi connectivity index (χ3n) is 3.84. The minimum absolute atomic E-state index is 0.0820. The normalized spacial score (nSPS) is 13.8. The monoisotopic (exact) mass is 386 g/mol. The van der Waals surface area contributed by atoms with Gasteiger partial charge in [0.15, 0.2) is 0 Å². The van der Waals surface area contributed by atoms with Gasteiger partial charge in [-0.15, -0.1) is 0 Å². The standard InChI is InChI=1S/C20H16Cl2N2O2/c21-18-7-4-14(10-19(18)22)12-26-17-3-1-2-13(9-17)8-15(11-23)20(25)24-16-5-6-16/h1-4,7-10,16H,5-6,12H2,(H,24,25). The first kappa shape index (κ1) is 18.3. The van der Waals surface area contributed by atoms with Crippen LogP contribution in [0.3, 0.4) is 0 Å². The van der Waals surface area contributed by atoms with E-state index < -0.39 is 0 Å². The fourth-order valence-electron chi connectivity index (χ4n) is 2.30. The fraction of sp³-hybridized carbons (Fsp3) is 0.200. The number of hydrogen-bond acceptors (Lipinski definition) is 3. The van der Waals surface area contributed by atoms with Gasteiger partial charge in [0, 0.05) is 6.04 Å². The van der Waals surface area contributed by atoms with Gasteiger partial charge in [-0.25, -0.2) is 0 Å². The average Bonchev–Trinajstić information content (AvgIpc) is 3.45. The Morgan fingerprint density at radius 3 is 2.73 bits per heavy atom. The molecule has 1 N–H and O–H groups in total. The zero-order chi connectivity index (χ0) is 18.5. The van der Waals surface area contributed by atoms with Gasteiger partial charge in [0.2, 0.25) is 0 Å². The molecule has 0 unspecified atom stereocenters. The topological polar surface area (TPSA) is 62.1 Å². The summed E-state index contributed by atoms with van der Waals surface area (Å²) in [7, 11) is 0. The van der Waals surface area contributed by atoms with Crippen molar-refractivity contribution in [1.82, 2.24) is 5.32 Å². The second-order valence-electron chi connectivity index (χ2n) is 6.03. The molecule has 2 aromatic carbocycles. The fourth-order valence-corrected chi connectivity index (χ4v) is 2.62. The van der Waals surface area contributed by atoms with Crippen molar-refractivity contribution in [2.45, 2.75) is 25.5 Å². The van der Waals surface area contributed by atoms with Crippen molar-refractivity contribution >= 4 is 35.2 Å². The van der Waals surface area contributed by atoms with E-state index in [-0.39, 0.29) is 17.5 Å². The first-order valence-electron chi connectivity index (χ1n) is 8.14. The molecule has 1 amide bonds. The van der Waals surface area contributed by atoms with Gasteiger partial charge >= 0.3 is 0 Å². The van der Waals surface area contributed by atoms with Crippen LogP contribution in [-0.4, -0.2) is 11.9 Å². The molecule has 4 nitrogen and oxygen atoms in total. The van der Waals surface area contributed by atoms with Crippen LogP contribution >= 0.6 is 23.2 Å². The summed E-state index contributed by atoms with van der Waals surface area (Å²) in [5, 5.41) is 13.0. The Morgan fingerprint density at radius 2 is 2.04 bits per heavy atom. The van der Waals surface area contributed by atoms with Crippen molar-refractivity contribution in [2.24, 2.45) is 0 Å². The number of nitrogens with one attached hydrogen (secondary N) is 1. The van der Waals surface area contributed by atoms with E-state index in [2.05, 4.69) is 5.32 Å². The van der Waals surface area contributed by atoms with E-state index in [0.717, 1.165) is 24.0 Å². The van der Waals surface area contributed by atoms with Crippen LogP contribution in [0.15, 0.2) is 48.0 Å². The van der Waals surface area contributed by atoms with Crippen molar-refractivity contribution in [2.75, 3.05) is 0 Å². The lowest BCUT2D eigenvalue weighted by molar-refractivity contribution is -0.117. The third-order valence-corrected chi connectivity index (χ3v) is 4.58. The molecule has 0 aliphatic heterocycles. The summed E-state index contributed by atoms with van der Waals surface area (Å²) in [4.78, 5) is 12.0. The van der Waals surface area contributed by atoms with Crippen LogP contribution in [-0.2, 0) is 11.4 Å². The molecule has 1 fully saturated rings. The van der Waals surface area contributed by atoms with Crippen LogP contribution in [0.1, 0.15) is 24.0 Å². The molecule has 3 rings (SSSR count). The van der Waals surface area contributed by atoms with Gasteiger partial charge in [-0.05, 0) is 54.3 Å². The molecular formula is C20H16Cl2N2O2. The zero-order valence-electron chi connectivity index (χ0n) is 13.8. The van der Waals surface area contributed by atoms with Gasteiger partial charge in [-0.2, -0.15) is 5.26 Å². The molecular weight excluding hydrogens is 371 g/mol. The summed E-state index contributed by atoms with van der Waals surface area (Å²) in [5.74, 6) is 0.293. The van der Waals surface area contributed by atoms with Gasteiger partial charge in [0.05, 0.1) is 10.0 Å². The summed E-state index contributed by atoms with van der Waals surface area (Å²) >= 11 is 11.9. The van der Waals surface area contributed by atoms with Gasteiger partial charge < -0.3 is 10.1 Å². The van der Waals surface area contributed by atoms with E-state index in [1.54, 1.807) is 24.3 Å². The molecule has 26 heavy (non-hydrogen) atoms. The second-order valence-corrected chi connectivity index (χ2v) is 6.84. The second kappa shape index (κ2) is 8.27. The van der Waals surface area contributed by atoms with Crippen LogP contribution in [0.2, 0.25) is 10.0 Å². The number of hydrogen-bond donors (Lipinski definition) is 1. The SMILES string of the molecule is N#CC(=Cc1cccc(OCc2ccc(Cl)c(Cl)c2)c1)C(=O)NC1CC1. The lowest BCUT2D eigenvalue weighted by Gasteiger charge is -2.08. The summed E-state index contributed by atoms with van der Waals surface area (Å²) in [5.41, 5.74) is 1.69. The number of amides is 1. The van der Waals surface area contributed by atoms with E-state index in [1.165, 1.54) is 0 Å². The average molecular weight is 387 g/mol. The van der Waals surface area contributed by atoms with E-state index in [4.69, 9.17) is 27.9 Å². The summed E-state index contributed by atoms with van der Waals surface area (Å²) in [6.07, 6.45) is 3.51. The van der Waals surface area contributed by atoms with Crippen molar-refractivity contribution in [3.8, 4) is 11.8 Å². The van der Waals surface area contributed by atoms with Crippen molar-refractivity contribution in [1.29, 1.82) is 5.26 Å². The van der Waals surface area contributed by atoms with Crippen molar-refractivity contribution in [3.05, 3.63) is 69.2 Å². The number of carbonyl (C=O) groups excluding carboxylic acids is 1. The van der Waals surface area contributed by atoms with Gasteiger partial charge in [-0.3, -0.25) is 4.79 Å². The third kappa shape index (κ3) is 5.01. The van der Waals surface area contributed by atoms with Gasteiger partial charge in [0.25, 0.3) is 5.91 Å². The van der Waals surface area contributed by atoms with Crippen molar-refractivity contribution in [3.63, 3.8) is 0 Å². The molecule has 1 saturated carbocycles. The largest absolute Gasteiger partial charge is 0.489 e. The van der Waals surface area contributed by atoms with E-state index in [1.807, 2.05) is 30.3 Å². The van der Waals surface area contributed by atoms with E-state index in [9.17, 15) is 10.1 Å². The number of halogens is 2. The molecule has 0 heterocycles. The summed E-state index contributed by atoms with van der Waals surface area (Å²) in [6.45, 7) is 0.331. The summed E-state index contributed by atoms with van der Waals surface area (Å²) in [6, 6.07) is 14.7. The molecule has 1 aliphatic carbocycles. The molecule has 0 aromatic heterocycles. The van der Waals surface area contributed by atoms with Gasteiger partial charge in [0.1, 0.15) is 24.0 Å². The zero-order valence-corrected chi connectivity index (χ0v) is 15.3. The Morgan fingerprint density at radius 1 is 1.23 bits per heavy atom. The number of rotatable bonds is 6. The first-order chi connectivity index (χ1) is 12.5. The molecule has 0 saturated heterocycles. The van der Waals surface area contributed by atoms with Crippen LogP contribution in [0, 0.1) is 11.3 Å². The Balaban J connectivity index is 1.68. The maximum Gasteiger partial charge on any atom is 0.262 e. The molecule has 6 heteroatoms. The highest BCUT2D eigenvalue weighted by atomic mass is 35.5. The molecule has 0 spiro atoms. The predicted octanol–water partition coefficient (Wildman–Crippen LogP) is 4.76. The smallest absolute Gasteiger partial charge is 0.262 e. The number of benzene rings is 2. The molecule has 0 atom stereocenters. The maximum absolute atomic E-state index is 12.0. The highest BCUT2D eigenvalue weighted by Crippen LogP contribution is 2.24. The predicted molar refractivity (Wildman–Crippen MR) is 102 cm³/mol. The minimum atomic E-state index is -0.336. The van der Waals surface area contributed by atoms with Crippen LogP contribution < -0.4 is 10.1 Å². The van der Waals surface area contributed by atoms with E-state index in [0.29, 0.717) is 22.4 Å². The molecule has 2 aromatic rings. The lowest BCUT2D eigenvalue weighted by Crippen LogP contribution is -2.26. The Hall–Kier alpha value is -2.48. The maximum atomic E-state index is 12.0. The number of nitrogens with zero attached hydrogens (tertiary/aromatic N) is 1. The van der Waals surface area contributed by atoms with Crippen LogP contribution in [0.5, 0.6) is 5.75 Å². The van der Waals surface area contributed by atoms with Crippen LogP contribution in [0.25, 0.3) is 6.08 Å². The lowest BCUT2D eigenvalue weighted by atomic mass is 10.1. The molecule has 132 valence electrons. The Bertz CT molecular complexity index is 899. The first-order valence-corrected chi connectivity index (χ1v) is 8.90. The minimum Gasteiger partial charge on any atom is -0.489 e. The number of carbonyl (C=O) groups is 1. The Labute approximate surface area is 162 Å². The van der Waals surface area contributed by atoms with E-state index >= 15 is 0 Å². The molecule has 0 bridgehead atoms.